The van der Waals surface area contributed by atoms with E-state index in [9.17, 15) is 5.26 Å². The first-order chi connectivity index (χ1) is 7.08. The molecule has 1 fully saturated rings. The molecule has 0 heterocycles. The summed E-state index contributed by atoms with van der Waals surface area (Å²) >= 11 is 0. The molecule has 0 atom stereocenters. The standard InChI is InChI=1S/C12H23N3/c1-11-4-6-12(10-13,7-5-11)14-8-9-15(2)3/h11,14H,4-9H2,1-3H3. The summed E-state index contributed by atoms with van der Waals surface area (Å²) in [5.41, 5.74) is -0.234. The van der Waals surface area contributed by atoms with Gasteiger partial charge in [-0.25, -0.2) is 0 Å². The number of nitrogens with one attached hydrogen (secondary N) is 1. The van der Waals surface area contributed by atoms with Crippen molar-refractivity contribution in [3.63, 3.8) is 0 Å². The molecular weight excluding hydrogens is 186 g/mol. The number of hydrogen-bond acceptors (Lipinski definition) is 3. The van der Waals surface area contributed by atoms with E-state index in [0.717, 1.165) is 31.8 Å². The summed E-state index contributed by atoms with van der Waals surface area (Å²) in [6.07, 6.45) is 4.39. The molecule has 1 N–H and O–H groups in total. The van der Waals surface area contributed by atoms with Crippen LogP contribution in [0, 0.1) is 17.2 Å². The summed E-state index contributed by atoms with van der Waals surface area (Å²) < 4.78 is 0. The van der Waals surface area contributed by atoms with Crippen LogP contribution in [-0.2, 0) is 0 Å². The van der Waals surface area contributed by atoms with E-state index in [4.69, 9.17) is 0 Å². The van der Waals surface area contributed by atoms with Gasteiger partial charge in [-0.05, 0) is 45.7 Å². The van der Waals surface area contributed by atoms with Crippen molar-refractivity contribution in [3.8, 4) is 6.07 Å². The molecule has 0 bridgehead atoms. The fourth-order valence-electron chi connectivity index (χ4n) is 2.10. The quantitative estimate of drug-likeness (QED) is 0.764. The molecule has 86 valence electrons. The predicted molar refractivity (Wildman–Crippen MR) is 62.5 cm³/mol. The molecule has 0 amide bonds. The third-order valence-electron chi connectivity index (χ3n) is 3.36. The van der Waals surface area contributed by atoms with Crippen LogP contribution in [0.15, 0.2) is 0 Å². The summed E-state index contributed by atoms with van der Waals surface area (Å²) in [5.74, 6) is 0.794. The minimum absolute atomic E-state index is 0.234. The van der Waals surface area contributed by atoms with Crippen molar-refractivity contribution >= 4 is 0 Å². The average Bonchev–Trinajstić information content (AvgIpc) is 2.21. The summed E-state index contributed by atoms with van der Waals surface area (Å²) in [7, 11) is 4.12. The normalized spacial score (nSPS) is 31.5. The highest BCUT2D eigenvalue weighted by Gasteiger charge is 2.33. The van der Waals surface area contributed by atoms with Crippen molar-refractivity contribution in [2.24, 2.45) is 5.92 Å². The third-order valence-corrected chi connectivity index (χ3v) is 3.36. The van der Waals surface area contributed by atoms with Crippen LogP contribution in [0.25, 0.3) is 0 Å². The first-order valence-corrected chi connectivity index (χ1v) is 5.89. The zero-order valence-electron chi connectivity index (χ0n) is 10.2. The van der Waals surface area contributed by atoms with Crippen LogP contribution in [0.2, 0.25) is 0 Å². The van der Waals surface area contributed by atoms with Gasteiger partial charge < -0.3 is 4.90 Å². The van der Waals surface area contributed by atoms with E-state index < -0.39 is 0 Å². The number of hydrogen-bond donors (Lipinski definition) is 1. The van der Waals surface area contributed by atoms with E-state index in [1.54, 1.807) is 0 Å². The maximum absolute atomic E-state index is 9.27. The third kappa shape index (κ3) is 3.81. The Bertz CT molecular complexity index is 222. The maximum atomic E-state index is 9.27. The lowest BCUT2D eigenvalue weighted by Gasteiger charge is -2.34. The van der Waals surface area contributed by atoms with Gasteiger partial charge in [0.25, 0.3) is 0 Å². The van der Waals surface area contributed by atoms with E-state index in [2.05, 4.69) is 37.3 Å². The topological polar surface area (TPSA) is 39.1 Å². The van der Waals surface area contributed by atoms with Gasteiger partial charge in [0.15, 0.2) is 0 Å². The second-order valence-electron chi connectivity index (χ2n) is 5.11. The first-order valence-electron chi connectivity index (χ1n) is 5.89. The predicted octanol–water partition coefficient (Wildman–Crippen LogP) is 1.61. The van der Waals surface area contributed by atoms with Crippen LogP contribution in [0.4, 0.5) is 0 Å². The summed E-state index contributed by atoms with van der Waals surface area (Å²) in [5, 5.41) is 12.7. The Morgan fingerprint density at radius 1 is 1.40 bits per heavy atom. The molecule has 0 radical (unpaired) electrons. The van der Waals surface area contributed by atoms with Gasteiger partial charge in [-0.2, -0.15) is 5.26 Å². The lowest BCUT2D eigenvalue weighted by molar-refractivity contribution is 0.241. The van der Waals surface area contributed by atoms with E-state index in [1.165, 1.54) is 12.8 Å². The summed E-state index contributed by atoms with van der Waals surface area (Å²) in [4.78, 5) is 2.14. The van der Waals surface area contributed by atoms with Gasteiger partial charge in [0.05, 0.1) is 6.07 Å². The van der Waals surface area contributed by atoms with Crippen LogP contribution >= 0.6 is 0 Å². The van der Waals surface area contributed by atoms with Crippen molar-refractivity contribution in [1.82, 2.24) is 10.2 Å². The van der Waals surface area contributed by atoms with E-state index in [1.807, 2.05) is 0 Å². The number of nitriles is 1. The second kappa shape index (κ2) is 5.48. The second-order valence-corrected chi connectivity index (χ2v) is 5.11. The van der Waals surface area contributed by atoms with Gasteiger partial charge in [0.1, 0.15) is 5.54 Å². The minimum atomic E-state index is -0.234. The lowest BCUT2D eigenvalue weighted by Crippen LogP contribution is -2.48. The van der Waals surface area contributed by atoms with E-state index in [0.29, 0.717) is 0 Å². The van der Waals surface area contributed by atoms with Gasteiger partial charge >= 0.3 is 0 Å². The van der Waals surface area contributed by atoms with Crippen molar-refractivity contribution in [1.29, 1.82) is 5.26 Å². The van der Waals surface area contributed by atoms with Crippen LogP contribution in [-0.4, -0.2) is 37.6 Å². The van der Waals surface area contributed by atoms with Crippen molar-refractivity contribution < 1.29 is 0 Å². The zero-order chi connectivity index (χ0) is 11.3. The Kier molecular flexibility index (Phi) is 4.56. The largest absolute Gasteiger partial charge is 0.308 e. The fourth-order valence-corrected chi connectivity index (χ4v) is 2.10. The molecule has 3 heteroatoms. The highest BCUT2D eigenvalue weighted by atomic mass is 15.1. The van der Waals surface area contributed by atoms with E-state index >= 15 is 0 Å². The van der Waals surface area contributed by atoms with Crippen LogP contribution in [0.5, 0.6) is 0 Å². The molecular formula is C12H23N3. The lowest BCUT2D eigenvalue weighted by atomic mass is 9.78. The van der Waals surface area contributed by atoms with Gasteiger partial charge in [-0.3, -0.25) is 5.32 Å². The van der Waals surface area contributed by atoms with Crippen molar-refractivity contribution in [2.45, 2.75) is 38.1 Å². The average molecular weight is 209 g/mol. The van der Waals surface area contributed by atoms with Crippen molar-refractivity contribution in [2.75, 3.05) is 27.2 Å². The first kappa shape index (κ1) is 12.5. The molecule has 0 spiro atoms. The number of likely N-dealkylation sites (N-methyl/N-ethyl adjacent to an activating group) is 1. The number of rotatable bonds is 4. The molecule has 0 aromatic rings. The fraction of sp³-hybridized carbons (Fsp3) is 0.917. The Balaban J connectivity index is 2.38. The monoisotopic (exact) mass is 209 g/mol. The van der Waals surface area contributed by atoms with Gasteiger partial charge in [-0.15, -0.1) is 0 Å². The number of nitrogens with zero attached hydrogens (tertiary/aromatic N) is 2. The van der Waals surface area contributed by atoms with Gasteiger partial charge in [-0.1, -0.05) is 6.92 Å². The highest BCUT2D eigenvalue weighted by molar-refractivity contribution is 5.08. The molecule has 1 aliphatic carbocycles. The van der Waals surface area contributed by atoms with Crippen LogP contribution < -0.4 is 5.32 Å². The molecule has 0 aromatic carbocycles. The molecule has 1 rings (SSSR count). The Hall–Kier alpha value is -0.590. The summed E-state index contributed by atoms with van der Waals surface area (Å²) in [6.45, 7) is 4.19. The van der Waals surface area contributed by atoms with Crippen LogP contribution in [0.1, 0.15) is 32.6 Å². The van der Waals surface area contributed by atoms with Crippen LogP contribution in [0.3, 0.4) is 0 Å². The van der Waals surface area contributed by atoms with E-state index in [-0.39, 0.29) is 5.54 Å². The minimum Gasteiger partial charge on any atom is -0.308 e. The smallest absolute Gasteiger partial charge is 0.106 e. The molecule has 0 saturated heterocycles. The molecule has 1 aliphatic rings. The zero-order valence-corrected chi connectivity index (χ0v) is 10.2. The molecule has 15 heavy (non-hydrogen) atoms. The van der Waals surface area contributed by atoms with Gasteiger partial charge in [0.2, 0.25) is 0 Å². The Morgan fingerprint density at radius 2 is 2.00 bits per heavy atom. The molecule has 1 saturated carbocycles. The maximum Gasteiger partial charge on any atom is 0.106 e. The molecule has 0 unspecified atom stereocenters. The SMILES string of the molecule is CC1CCC(C#N)(NCCN(C)C)CC1. The molecule has 0 aliphatic heterocycles. The van der Waals surface area contributed by atoms with Gasteiger partial charge in [0, 0.05) is 13.1 Å². The molecule has 0 aromatic heterocycles. The highest BCUT2D eigenvalue weighted by Crippen LogP contribution is 2.31. The molecule has 3 nitrogen and oxygen atoms in total. The van der Waals surface area contributed by atoms with Crippen molar-refractivity contribution in [3.05, 3.63) is 0 Å². The summed E-state index contributed by atoms with van der Waals surface area (Å²) in [6, 6.07) is 2.48. The Morgan fingerprint density at radius 3 is 2.47 bits per heavy atom. The Labute approximate surface area is 93.5 Å².